The second-order valence-corrected chi connectivity index (χ2v) is 5.52. The summed E-state index contributed by atoms with van der Waals surface area (Å²) < 4.78 is 5.47. The number of anilines is 1. The van der Waals surface area contributed by atoms with Gasteiger partial charge in [-0.3, -0.25) is 0 Å². The van der Waals surface area contributed by atoms with Crippen molar-refractivity contribution in [2.75, 3.05) is 31.2 Å². The highest BCUT2D eigenvalue weighted by molar-refractivity contribution is 6.30. The highest BCUT2D eigenvalue weighted by Gasteiger charge is 2.10. The molecule has 1 aromatic rings. The molecule has 0 unspecified atom stereocenters. The molecular formula is C16H27ClN2O. The number of hydrogen-bond acceptors (Lipinski definition) is 3. The Hall–Kier alpha value is -0.770. The first-order chi connectivity index (χ1) is 9.58. The molecule has 3 nitrogen and oxygen atoms in total. The Kier molecular flexibility index (Phi) is 7.97. The topological polar surface area (TPSA) is 24.5 Å². The summed E-state index contributed by atoms with van der Waals surface area (Å²) in [6.45, 7) is 12.7. The Labute approximate surface area is 128 Å². The van der Waals surface area contributed by atoms with E-state index in [9.17, 15) is 0 Å². The van der Waals surface area contributed by atoms with Crippen molar-refractivity contribution in [1.82, 2.24) is 5.32 Å². The standard InChI is InChI=1S/C16H27ClN2O/c1-5-19(9-10-20-6-2)16-8-7-15(17)11-14(16)12-18-13(3)4/h7-8,11,13,18H,5-6,9-10,12H2,1-4H3. The third-order valence-electron chi connectivity index (χ3n) is 3.17. The average Bonchev–Trinajstić information content (AvgIpc) is 2.42. The molecule has 0 aliphatic rings. The summed E-state index contributed by atoms with van der Waals surface area (Å²) in [5.41, 5.74) is 2.48. The molecule has 0 amide bonds. The lowest BCUT2D eigenvalue weighted by Crippen LogP contribution is -2.29. The number of nitrogens with one attached hydrogen (secondary N) is 1. The fourth-order valence-corrected chi connectivity index (χ4v) is 2.28. The van der Waals surface area contributed by atoms with Crippen LogP contribution in [0.5, 0.6) is 0 Å². The first-order valence-corrected chi connectivity index (χ1v) is 7.80. The van der Waals surface area contributed by atoms with E-state index in [1.165, 1.54) is 11.3 Å². The molecule has 1 aromatic carbocycles. The van der Waals surface area contributed by atoms with E-state index in [-0.39, 0.29) is 0 Å². The van der Waals surface area contributed by atoms with Crippen molar-refractivity contribution >= 4 is 17.3 Å². The Balaban J connectivity index is 2.83. The molecule has 20 heavy (non-hydrogen) atoms. The summed E-state index contributed by atoms with van der Waals surface area (Å²) in [5, 5.41) is 4.25. The van der Waals surface area contributed by atoms with E-state index < -0.39 is 0 Å². The van der Waals surface area contributed by atoms with E-state index in [1.807, 2.05) is 13.0 Å². The number of rotatable bonds is 9. The summed E-state index contributed by atoms with van der Waals surface area (Å²) in [7, 11) is 0. The lowest BCUT2D eigenvalue weighted by atomic mass is 10.1. The van der Waals surface area contributed by atoms with Crippen molar-refractivity contribution in [2.45, 2.75) is 40.3 Å². The maximum absolute atomic E-state index is 6.14. The van der Waals surface area contributed by atoms with Gasteiger partial charge in [0.25, 0.3) is 0 Å². The van der Waals surface area contributed by atoms with Gasteiger partial charge in [-0.05, 0) is 37.6 Å². The Morgan fingerprint density at radius 2 is 2.05 bits per heavy atom. The minimum atomic E-state index is 0.459. The van der Waals surface area contributed by atoms with E-state index in [2.05, 4.69) is 43.1 Å². The van der Waals surface area contributed by atoms with Crippen LogP contribution in [0.15, 0.2) is 18.2 Å². The van der Waals surface area contributed by atoms with Gasteiger partial charge in [0.05, 0.1) is 6.61 Å². The Morgan fingerprint density at radius 3 is 2.65 bits per heavy atom. The zero-order valence-corrected chi connectivity index (χ0v) is 13.8. The lowest BCUT2D eigenvalue weighted by molar-refractivity contribution is 0.154. The van der Waals surface area contributed by atoms with Crippen LogP contribution in [0.3, 0.4) is 0 Å². The third kappa shape index (κ3) is 5.70. The largest absolute Gasteiger partial charge is 0.380 e. The van der Waals surface area contributed by atoms with Crippen LogP contribution in [0.1, 0.15) is 33.3 Å². The molecule has 0 saturated heterocycles. The smallest absolute Gasteiger partial charge is 0.0641 e. The molecule has 0 aliphatic carbocycles. The lowest BCUT2D eigenvalue weighted by Gasteiger charge is -2.26. The van der Waals surface area contributed by atoms with Gasteiger partial charge < -0.3 is 15.0 Å². The van der Waals surface area contributed by atoms with Crippen molar-refractivity contribution in [3.63, 3.8) is 0 Å². The minimum Gasteiger partial charge on any atom is -0.380 e. The van der Waals surface area contributed by atoms with Crippen LogP contribution in [-0.2, 0) is 11.3 Å². The molecule has 0 fully saturated rings. The third-order valence-corrected chi connectivity index (χ3v) is 3.41. The van der Waals surface area contributed by atoms with E-state index in [0.717, 1.165) is 37.9 Å². The predicted octanol–water partition coefficient (Wildman–Crippen LogP) is 3.70. The summed E-state index contributed by atoms with van der Waals surface area (Å²) in [6.07, 6.45) is 0. The SMILES string of the molecule is CCOCCN(CC)c1ccc(Cl)cc1CNC(C)C. The average molecular weight is 299 g/mol. The summed E-state index contributed by atoms with van der Waals surface area (Å²) in [6, 6.07) is 6.57. The zero-order chi connectivity index (χ0) is 15.0. The minimum absolute atomic E-state index is 0.459. The second-order valence-electron chi connectivity index (χ2n) is 5.09. The maximum Gasteiger partial charge on any atom is 0.0641 e. The molecule has 0 bridgehead atoms. The Morgan fingerprint density at radius 1 is 1.30 bits per heavy atom. The van der Waals surface area contributed by atoms with Gasteiger partial charge in [0.2, 0.25) is 0 Å². The van der Waals surface area contributed by atoms with Gasteiger partial charge in [-0.1, -0.05) is 25.4 Å². The molecule has 4 heteroatoms. The van der Waals surface area contributed by atoms with Gasteiger partial charge >= 0.3 is 0 Å². The van der Waals surface area contributed by atoms with Gasteiger partial charge in [-0.2, -0.15) is 0 Å². The van der Waals surface area contributed by atoms with Gasteiger partial charge in [-0.25, -0.2) is 0 Å². The van der Waals surface area contributed by atoms with Gasteiger partial charge in [0.1, 0.15) is 0 Å². The summed E-state index contributed by atoms with van der Waals surface area (Å²) in [4.78, 5) is 2.34. The fourth-order valence-electron chi connectivity index (χ4n) is 2.09. The number of nitrogens with zero attached hydrogens (tertiary/aromatic N) is 1. The highest BCUT2D eigenvalue weighted by atomic mass is 35.5. The summed E-state index contributed by atoms with van der Waals surface area (Å²) >= 11 is 6.14. The molecule has 0 spiro atoms. The first kappa shape index (κ1) is 17.3. The molecule has 0 atom stereocenters. The van der Waals surface area contributed by atoms with Crippen molar-refractivity contribution in [3.05, 3.63) is 28.8 Å². The predicted molar refractivity (Wildman–Crippen MR) is 87.8 cm³/mol. The molecule has 1 rings (SSSR count). The normalized spacial score (nSPS) is 11.1. The number of likely N-dealkylation sites (N-methyl/N-ethyl adjacent to an activating group) is 1. The molecule has 114 valence electrons. The van der Waals surface area contributed by atoms with Crippen LogP contribution in [0.25, 0.3) is 0 Å². The molecule has 0 aliphatic heterocycles. The quantitative estimate of drug-likeness (QED) is 0.704. The number of benzene rings is 1. The molecule has 0 radical (unpaired) electrons. The van der Waals surface area contributed by atoms with E-state index >= 15 is 0 Å². The van der Waals surface area contributed by atoms with Crippen LogP contribution >= 0.6 is 11.6 Å². The molecule has 0 saturated carbocycles. The Bertz CT molecular complexity index is 396. The van der Waals surface area contributed by atoms with E-state index in [0.29, 0.717) is 6.04 Å². The van der Waals surface area contributed by atoms with Crippen LogP contribution in [-0.4, -0.2) is 32.3 Å². The van der Waals surface area contributed by atoms with E-state index in [4.69, 9.17) is 16.3 Å². The number of ether oxygens (including phenoxy) is 1. The van der Waals surface area contributed by atoms with Crippen LogP contribution in [0, 0.1) is 0 Å². The van der Waals surface area contributed by atoms with Gasteiger partial charge in [0, 0.05) is 43.0 Å². The van der Waals surface area contributed by atoms with Crippen molar-refractivity contribution < 1.29 is 4.74 Å². The first-order valence-electron chi connectivity index (χ1n) is 7.43. The molecule has 0 aromatic heterocycles. The number of hydrogen-bond donors (Lipinski definition) is 1. The van der Waals surface area contributed by atoms with Crippen molar-refractivity contribution in [3.8, 4) is 0 Å². The van der Waals surface area contributed by atoms with Crippen molar-refractivity contribution in [2.24, 2.45) is 0 Å². The zero-order valence-electron chi connectivity index (χ0n) is 13.1. The van der Waals surface area contributed by atoms with Crippen LogP contribution in [0.4, 0.5) is 5.69 Å². The number of halogens is 1. The maximum atomic E-state index is 6.14. The summed E-state index contributed by atoms with van der Waals surface area (Å²) in [5.74, 6) is 0. The second kappa shape index (κ2) is 9.22. The molecule has 1 N–H and O–H groups in total. The monoisotopic (exact) mass is 298 g/mol. The molecule has 0 heterocycles. The van der Waals surface area contributed by atoms with Crippen LogP contribution < -0.4 is 10.2 Å². The van der Waals surface area contributed by atoms with Crippen LogP contribution in [0.2, 0.25) is 5.02 Å². The highest BCUT2D eigenvalue weighted by Crippen LogP contribution is 2.24. The molecular weight excluding hydrogens is 272 g/mol. The van der Waals surface area contributed by atoms with Gasteiger partial charge in [-0.15, -0.1) is 0 Å². The van der Waals surface area contributed by atoms with Gasteiger partial charge in [0.15, 0.2) is 0 Å². The van der Waals surface area contributed by atoms with E-state index in [1.54, 1.807) is 0 Å². The fraction of sp³-hybridized carbons (Fsp3) is 0.625. The van der Waals surface area contributed by atoms with Crippen molar-refractivity contribution in [1.29, 1.82) is 0 Å².